The maximum Gasteiger partial charge on any atom is 0.270 e. The SMILES string of the molecule is C=CCOc1cccc2c1cc(C(=O)N1CCN(Cc3ccccc3)CC1)n2Cc1ccccc1. The van der Waals surface area contributed by atoms with E-state index in [0.29, 0.717) is 18.8 Å². The molecule has 0 saturated carbocycles. The molecule has 0 N–H and O–H groups in total. The molecular formula is C30H31N3O2. The number of hydrogen-bond donors (Lipinski definition) is 0. The van der Waals surface area contributed by atoms with Crippen molar-refractivity contribution in [1.29, 1.82) is 0 Å². The molecule has 35 heavy (non-hydrogen) atoms. The maximum atomic E-state index is 13.8. The van der Waals surface area contributed by atoms with Crippen molar-refractivity contribution in [3.05, 3.63) is 114 Å². The summed E-state index contributed by atoms with van der Waals surface area (Å²) < 4.78 is 8.05. The van der Waals surface area contributed by atoms with E-state index in [1.807, 2.05) is 47.4 Å². The number of hydrogen-bond acceptors (Lipinski definition) is 3. The van der Waals surface area contributed by atoms with Crippen molar-refractivity contribution in [1.82, 2.24) is 14.4 Å². The van der Waals surface area contributed by atoms with Gasteiger partial charge in [0.25, 0.3) is 5.91 Å². The Morgan fingerprint density at radius 2 is 1.49 bits per heavy atom. The fraction of sp³-hybridized carbons (Fsp3) is 0.233. The minimum absolute atomic E-state index is 0.0752. The second kappa shape index (κ2) is 10.6. The molecule has 5 heteroatoms. The number of rotatable bonds is 8. The van der Waals surface area contributed by atoms with E-state index in [2.05, 4.69) is 58.5 Å². The van der Waals surface area contributed by atoms with Crippen LogP contribution in [-0.2, 0) is 13.1 Å². The zero-order valence-corrected chi connectivity index (χ0v) is 20.0. The summed E-state index contributed by atoms with van der Waals surface area (Å²) in [5.41, 5.74) is 4.17. The van der Waals surface area contributed by atoms with Crippen LogP contribution in [0.2, 0.25) is 0 Å². The molecule has 1 fully saturated rings. The average molecular weight is 466 g/mol. The zero-order valence-electron chi connectivity index (χ0n) is 20.0. The Morgan fingerprint density at radius 3 is 2.14 bits per heavy atom. The van der Waals surface area contributed by atoms with Crippen molar-refractivity contribution < 1.29 is 9.53 Å². The molecule has 3 aromatic carbocycles. The third-order valence-corrected chi connectivity index (χ3v) is 6.57. The summed E-state index contributed by atoms with van der Waals surface area (Å²) in [6, 6.07) is 28.8. The van der Waals surface area contributed by atoms with Crippen LogP contribution in [0.3, 0.4) is 0 Å². The molecule has 0 aliphatic carbocycles. The molecule has 1 aromatic heterocycles. The maximum absolute atomic E-state index is 13.8. The van der Waals surface area contributed by atoms with Gasteiger partial charge in [0.05, 0.1) is 5.52 Å². The second-order valence-corrected chi connectivity index (χ2v) is 8.94. The number of benzene rings is 3. The predicted molar refractivity (Wildman–Crippen MR) is 141 cm³/mol. The van der Waals surface area contributed by atoms with Crippen LogP contribution in [0.5, 0.6) is 5.75 Å². The first-order chi connectivity index (χ1) is 17.2. The van der Waals surface area contributed by atoms with Crippen molar-refractivity contribution in [3.63, 3.8) is 0 Å². The number of nitrogens with zero attached hydrogens (tertiary/aromatic N) is 3. The van der Waals surface area contributed by atoms with Crippen LogP contribution in [0.4, 0.5) is 0 Å². The Labute approximate surface area is 206 Å². The molecule has 1 aliphatic heterocycles. The van der Waals surface area contributed by atoms with Crippen LogP contribution < -0.4 is 4.74 Å². The first-order valence-electron chi connectivity index (χ1n) is 12.2. The van der Waals surface area contributed by atoms with Gasteiger partial charge in [-0.05, 0) is 29.3 Å². The van der Waals surface area contributed by atoms with Gasteiger partial charge in [0.1, 0.15) is 18.1 Å². The van der Waals surface area contributed by atoms with E-state index >= 15 is 0 Å². The van der Waals surface area contributed by atoms with Gasteiger partial charge in [-0.3, -0.25) is 9.69 Å². The third kappa shape index (κ3) is 5.15. The molecule has 5 nitrogen and oxygen atoms in total. The second-order valence-electron chi connectivity index (χ2n) is 8.94. The Balaban J connectivity index is 1.40. The molecule has 0 spiro atoms. The molecule has 1 aliphatic rings. The molecule has 1 amide bonds. The minimum atomic E-state index is 0.0752. The number of piperazine rings is 1. The zero-order chi connectivity index (χ0) is 24.0. The molecular weight excluding hydrogens is 434 g/mol. The van der Waals surface area contributed by atoms with Gasteiger partial charge in [0.15, 0.2) is 0 Å². The van der Waals surface area contributed by atoms with E-state index in [9.17, 15) is 4.79 Å². The normalized spacial score (nSPS) is 14.2. The largest absolute Gasteiger partial charge is 0.489 e. The highest BCUT2D eigenvalue weighted by atomic mass is 16.5. The standard InChI is InChI=1S/C30H31N3O2/c1-2-20-35-29-15-9-14-27-26(29)21-28(33(27)23-25-12-7-4-8-13-25)30(34)32-18-16-31(17-19-32)22-24-10-5-3-6-11-24/h2-15,21H,1,16-20,22-23H2. The van der Waals surface area contributed by atoms with Crippen LogP contribution in [0, 0.1) is 0 Å². The van der Waals surface area contributed by atoms with Crippen molar-refractivity contribution >= 4 is 16.8 Å². The monoisotopic (exact) mass is 465 g/mol. The molecule has 4 aromatic rings. The number of carbonyl (C=O) groups is 1. The number of fused-ring (bicyclic) bond motifs is 1. The van der Waals surface area contributed by atoms with Gasteiger partial charge in [-0.15, -0.1) is 0 Å². The number of aromatic nitrogens is 1. The quantitative estimate of drug-likeness (QED) is 0.335. The van der Waals surface area contributed by atoms with Gasteiger partial charge in [0.2, 0.25) is 0 Å². The lowest BCUT2D eigenvalue weighted by Gasteiger charge is -2.35. The van der Waals surface area contributed by atoms with Crippen molar-refractivity contribution in [2.45, 2.75) is 13.1 Å². The molecule has 2 heterocycles. The lowest BCUT2D eigenvalue weighted by atomic mass is 10.2. The van der Waals surface area contributed by atoms with Gasteiger partial charge < -0.3 is 14.2 Å². The fourth-order valence-corrected chi connectivity index (χ4v) is 4.76. The third-order valence-electron chi connectivity index (χ3n) is 6.57. The highest BCUT2D eigenvalue weighted by Gasteiger charge is 2.26. The molecule has 0 atom stereocenters. The van der Waals surface area contributed by atoms with Gasteiger partial charge in [-0.2, -0.15) is 0 Å². The van der Waals surface area contributed by atoms with Crippen molar-refractivity contribution in [2.75, 3.05) is 32.8 Å². The molecule has 0 unspecified atom stereocenters. The summed E-state index contributed by atoms with van der Waals surface area (Å²) in [6.07, 6.45) is 1.74. The highest BCUT2D eigenvalue weighted by molar-refractivity contribution is 6.00. The van der Waals surface area contributed by atoms with E-state index in [0.717, 1.165) is 54.9 Å². The van der Waals surface area contributed by atoms with Crippen LogP contribution in [0.15, 0.2) is 97.6 Å². The summed E-state index contributed by atoms with van der Waals surface area (Å²) in [7, 11) is 0. The number of amides is 1. The van der Waals surface area contributed by atoms with Crippen LogP contribution in [0.25, 0.3) is 10.9 Å². The van der Waals surface area contributed by atoms with E-state index in [1.165, 1.54) is 5.56 Å². The van der Waals surface area contributed by atoms with E-state index in [4.69, 9.17) is 4.74 Å². The van der Waals surface area contributed by atoms with E-state index in [-0.39, 0.29) is 5.91 Å². The topological polar surface area (TPSA) is 37.7 Å². The van der Waals surface area contributed by atoms with Gasteiger partial charge in [-0.1, -0.05) is 79.4 Å². The summed E-state index contributed by atoms with van der Waals surface area (Å²) in [6.45, 7) is 8.91. The summed E-state index contributed by atoms with van der Waals surface area (Å²) in [4.78, 5) is 18.2. The van der Waals surface area contributed by atoms with Crippen LogP contribution in [-0.4, -0.2) is 53.1 Å². The van der Waals surface area contributed by atoms with Gasteiger partial charge in [0, 0.05) is 44.7 Å². The Morgan fingerprint density at radius 1 is 0.829 bits per heavy atom. The molecule has 1 saturated heterocycles. The van der Waals surface area contributed by atoms with Crippen LogP contribution >= 0.6 is 0 Å². The lowest BCUT2D eigenvalue weighted by molar-refractivity contribution is 0.0619. The van der Waals surface area contributed by atoms with E-state index in [1.54, 1.807) is 6.08 Å². The summed E-state index contributed by atoms with van der Waals surface area (Å²) in [5, 5.41) is 0.955. The Hall–Kier alpha value is -3.83. The van der Waals surface area contributed by atoms with E-state index < -0.39 is 0 Å². The van der Waals surface area contributed by atoms with Crippen molar-refractivity contribution in [2.24, 2.45) is 0 Å². The number of ether oxygens (including phenoxy) is 1. The molecule has 178 valence electrons. The summed E-state index contributed by atoms with van der Waals surface area (Å²) >= 11 is 0. The Bertz CT molecular complexity index is 1290. The first kappa shape index (κ1) is 22.9. The number of carbonyl (C=O) groups excluding carboxylic acids is 1. The van der Waals surface area contributed by atoms with Crippen molar-refractivity contribution in [3.8, 4) is 5.75 Å². The fourth-order valence-electron chi connectivity index (χ4n) is 4.76. The van der Waals surface area contributed by atoms with Gasteiger partial charge >= 0.3 is 0 Å². The first-order valence-corrected chi connectivity index (χ1v) is 12.2. The molecule has 0 radical (unpaired) electrons. The lowest BCUT2D eigenvalue weighted by Crippen LogP contribution is -2.48. The molecule has 5 rings (SSSR count). The Kier molecular flexibility index (Phi) is 6.96. The smallest absolute Gasteiger partial charge is 0.270 e. The predicted octanol–water partition coefficient (Wildman–Crippen LogP) is 5.21. The highest BCUT2D eigenvalue weighted by Crippen LogP contribution is 2.31. The summed E-state index contributed by atoms with van der Waals surface area (Å²) in [5.74, 6) is 0.849. The minimum Gasteiger partial charge on any atom is -0.489 e. The van der Waals surface area contributed by atoms with Crippen LogP contribution in [0.1, 0.15) is 21.6 Å². The average Bonchev–Trinajstić information content (AvgIpc) is 3.27. The van der Waals surface area contributed by atoms with Gasteiger partial charge in [-0.25, -0.2) is 0 Å². The molecule has 0 bridgehead atoms.